The minimum Gasteiger partial charge on any atom is -0.485 e. The summed E-state index contributed by atoms with van der Waals surface area (Å²) in [6.45, 7) is 5.28. The summed E-state index contributed by atoms with van der Waals surface area (Å²) in [5, 5.41) is 9.60. The highest BCUT2D eigenvalue weighted by molar-refractivity contribution is 5.88. The van der Waals surface area contributed by atoms with Gasteiger partial charge in [0.05, 0.1) is 6.54 Å². The van der Waals surface area contributed by atoms with E-state index >= 15 is 0 Å². The minimum atomic E-state index is -1.20. The number of benzene rings is 1. The van der Waals surface area contributed by atoms with Crippen LogP contribution in [0, 0.1) is 0 Å². The predicted molar refractivity (Wildman–Crippen MR) is 97.3 cm³/mol. The van der Waals surface area contributed by atoms with Gasteiger partial charge in [-0.25, -0.2) is 9.59 Å². The van der Waals surface area contributed by atoms with Gasteiger partial charge in [0.1, 0.15) is 18.2 Å². The van der Waals surface area contributed by atoms with Gasteiger partial charge in [0.15, 0.2) is 11.5 Å². The third-order valence-corrected chi connectivity index (χ3v) is 4.38. The second-order valence-corrected chi connectivity index (χ2v) is 7.68. The van der Waals surface area contributed by atoms with Gasteiger partial charge in [-0.3, -0.25) is 4.79 Å². The molecule has 28 heavy (non-hydrogen) atoms. The van der Waals surface area contributed by atoms with Crippen molar-refractivity contribution in [2.45, 2.75) is 38.5 Å². The van der Waals surface area contributed by atoms with Gasteiger partial charge in [0, 0.05) is 13.1 Å². The molecule has 9 heteroatoms. The van der Waals surface area contributed by atoms with E-state index in [9.17, 15) is 19.5 Å². The van der Waals surface area contributed by atoms with E-state index in [0.717, 1.165) is 0 Å². The molecule has 2 unspecified atom stereocenters. The van der Waals surface area contributed by atoms with E-state index in [1.54, 1.807) is 45.0 Å². The van der Waals surface area contributed by atoms with E-state index in [2.05, 4.69) is 0 Å². The number of nitrogens with zero attached hydrogens (tertiary/aromatic N) is 2. The average molecular weight is 392 g/mol. The molecule has 0 aromatic heterocycles. The number of amides is 2. The van der Waals surface area contributed by atoms with E-state index in [1.807, 2.05) is 0 Å². The van der Waals surface area contributed by atoms with Gasteiger partial charge in [0.25, 0.3) is 5.91 Å². The van der Waals surface area contributed by atoms with Crippen LogP contribution in [0.5, 0.6) is 11.5 Å². The molecule has 1 fully saturated rings. The van der Waals surface area contributed by atoms with Crippen molar-refractivity contribution < 1.29 is 33.7 Å². The molecule has 0 spiro atoms. The van der Waals surface area contributed by atoms with Crippen molar-refractivity contribution in [2.75, 3.05) is 26.2 Å². The topological polar surface area (TPSA) is 106 Å². The molecule has 3 rings (SSSR count). The van der Waals surface area contributed by atoms with Gasteiger partial charge in [-0.2, -0.15) is 0 Å². The minimum absolute atomic E-state index is 0.00549. The van der Waals surface area contributed by atoms with Crippen LogP contribution in [0.25, 0.3) is 0 Å². The van der Waals surface area contributed by atoms with E-state index < -0.39 is 35.7 Å². The van der Waals surface area contributed by atoms with Gasteiger partial charge in [-0.05, 0) is 32.9 Å². The summed E-state index contributed by atoms with van der Waals surface area (Å²) in [6, 6.07) is 5.78. The molecule has 2 aliphatic rings. The lowest BCUT2D eigenvalue weighted by molar-refractivity contribution is -0.158. The predicted octanol–water partition coefficient (Wildman–Crippen LogP) is 1.36. The van der Waals surface area contributed by atoms with Crippen molar-refractivity contribution in [3.63, 3.8) is 0 Å². The third kappa shape index (κ3) is 4.29. The summed E-state index contributed by atoms with van der Waals surface area (Å²) in [4.78, 5) is 39.5. The Hall–Kier alpha value is -2.97. The number of rotatable bonds is 2. The average Bonchev–Trinajstić information content (AvgIpc) is 2.65. The molecule has 1 N–H and O–H groups in total. The number of hydrogen-bond acceptors (Lipinski definition) is 6. The lowest BCUT2D eigenvalue weighted by atomic mass is 10.1. The molecule has 1 aromatic carbocycles. The lowest BCUT2D eigenvalue weighted by Gasteiger charge is -2.41. The smallest absolute Gasteiger partial charge is 0.410 e. The Morgan fingerprint density at radius 3 is 2.46 bits per heavy atom. The van der Waals surface area contributed by atoms with Crippen molar-refractivity contribution in [2.24, 2.45) is 0 Å². The first-order valence-electron chi connectivity index (χ1n) is 9.05. The van der Waals surface area contributed by atoms with Gasteiger partial charge in [-0.1, -0.05) is 12.1 Å². The Balaban J connectivity index is 1.69. The summed E-state index contributed by atoms with van der Waals surface area (Å²) in [7, 11) is 0. The highest BCUT2D eigenvalue weighted by Gasteiger charge is 2.42. The molecule has 2 heterocycles. The number of para-hydroxylation sites is 2. The number of fused-ring (bicyclic) bond motifs is 1. The Labute approximate surface area is 162 Å². The summed E-state index contributed by atoms with van der Waals surface area (Å²) in [5.74, 6) is -0.702. The molecule has 152 valence electrons. The second kappa shape index (κ2) is 7.57. The second-order valence-electron chi connectivity index (χ2n) is 7.68. The third-order valence-electron chi connectivity index (χ3n) is 4.38. The van der Waals surface area contributed by atoms with Crippen LogP contribution in [-0.4, -0.2) is 76.9 Å². The molecule has 2 amide bonds. The van der Waals surface area contributed by atoms with Gasteiger partial charge in [-0.15, -0.1) is 0 Å². The molecule has 0 radical (unpaired) electrons. The highest BCUT2D eigenvalue weighted by Crippen LogP contribution is 2.31. The fourth-order valence-corrected chi connectivity index (χ4v) is 3.08. The number of piperazine rings is 1. The first kappa shape index (κ1) is 19.8. The van der Waals surface area contributed by atoms with E-state index in [4.69, 9.17) is 14.2 Å². The number of carboxylic acid groups (broad SMARTS) is 1. The molecule has 2 atom stereocenters. The lowest BCUT2D eigenvalue weighted by Crippen LogP contribution is -2.62. The van der Waals surface area contributed by atoms with Crippen molar-refractivity contribution in [3.8, 4) is 11.5 Å². The fraction of sp³-hybridized carbons (Fsp3) is 0.526. The zero-order chi connectivity index (χ0) is 20.5. The Morgan fingerprint density at radius 1 is 1.14 bits per heavy atom. The molecule has 1 aromatic rings. The molecule has 9 nitrogen and oxygen atoms in total. The van der Waals surface area contributed by atoms with Gasteiger partial charge in [0.2, 0.25) is 6.10 Å². The molecule has 0 bridgehead atoms. The van der Waals surface area contributed by atoms with Crippen LogP contribution >= 0.6 is 0 Å². The van der Waals surface area contributed by atoms with Crippen LogP contribution < -0.4 is 9.47 Å². The summed E-state index contributed by atoms with van der Waals surface area (Å²) in [6.07, 6.45) is -1.54. The van der Waals surface area contributed by atoms with Crippen LogP contribution in [0.15, 0.2) is 24.3 Å². The van der Waals surface area contributed by atoms with Gasteiger partial charge < -0.3 is 29.1 Å². The Kier molecular flexibility index (Phi) is 5.35. The molecule has 1 saturated heterocycles. The van der Waals surface area contributed by atoms with Crippen molar-refractivity contribution in [1.82, 2.24) is 9.80 Å². The standard InChI is InChI=1S/C19H24N2O7/c1-19(2,3)28-18(25)20-8-9-21(12(10-20)17(23)24)16(22)15-11-26-13-6-4-5-7-14(13)27-15/h4-7,12,15H,8-11H2,1-3H3,(H,23,24). The number of aliphatic carboxylic acids is 1. The van der Waals surface area contributed by atoms with Crippen LogP contribution in [0.2, 0.25) is 0 Å². The Bertz CT molecular complexity index is 774. The molecule has 2 aliphatic heterocycles. The summed E-state index contributed by atoms with van der Waals surface area (Å²) >= 11 is 0. The zero-order valence-electron chi connectivity index (χ0n) is 16.1. The molecule has 0 aliphatic carbocycles. The normalized spacial score (nSPS) is 21.8. The van der Waals surface area contributed by atoms with Crippen LogP contribution in [0.4, 0.5) is 4.79 Å². The zero-order valence-corrected chi connectivity index (χ0v) is 16.1. The molecular weight excluding hydrogens is 368 g/mol. The number of hydrogen-bond donors (Lipinski definition) is 1. The maximum Gasteiger partial charge on any atom is 0.410 e. The van der Waals surface area contributed by atoms with Gasteiger partial charge >= 0.3 is 12.1 Å². The highest BCUT2D eigenvalue weighted by atomic mass is 16.6. The first-order valence-corrected chi connectivity index (χ1v) is 9.05. The monoisotopic (exact) mass is 392 g/mol. The van der Waals surface area contributed by atoms with Crippen molar-refractivity contribution in [1.29, 1.82) is 0 Å². The van der Waals surface area contributed by atoms with Crippen LogP contribution in [0.1, 0.15) is 20.8 Å². The quantitative estimate of drug-likeness (QED) is 0.810. The summed E-state index contributed by atoms with van der Waals surface area (Å²) < 4.78 is 16.6. The van der Waals surface area contributed by atoms with E-state index in [1.165, 1.54) is 9.80 Å². The molecule has 0 saturated carbocycles. The first-order chi connectivity index (χ1) is 13.2. The van der Waals surface area contributed by atoms with Crippen molar-refractivity contribution in [3.05, 3.63) is 24.3 Å². The van der Waals surface area contributed by atoms with E-state index in [0.29, 0.717) is 11.5 Å². The van der Waals surface area contributed by atoms with Crippen molar-refractivity contribution >= 4 is 18.0 Å². The largest absolute Gasteiger partial charge is 0.485 e. The maximum atomic E-state index is 12.9. The number of carboxylic acids is 1. The van der Waals surface area contributed by atoms with Crippen LogP contribution in [-0.2, 0) is 14.3 Å². The number of carbonyl (C=O) groups is 3. The maximum absolute atomic E-state index is 12.9. The van der Waals surface area contributed by atoms with E-state index in [-0.39, 0.29) is 26.2 Å². The number of carbonyl (C=O) groups excluding carboxylic acids is 2. The number of ether oxygens (including phenoxy) is 3. The Morgan fingerprint density at radius 2 is 1.82 bits per heavy atom. The fourth-order valence-electron chi connectivity index (χ4n) is 3.08. The van der Waals surface area contributed by atoms with Crippen LogP contribution in [0.3, 0.4) is 0 Å². The molecular formula is C19H24N2O7. The SMILES string of the molecule is CC(C)(C)OC(=O)N1CCN(C(=O)C2COc3ccccc3O2)C(C(=O)O)C1. The summed E-state index contributed by atoms with van der Waals surface area (Å²) in [5.41, 5.74) is -0.691.